The standard InChI is InChI=1S/C13H20N4S2/c1-6-8(2)15-12-17-16-10(19-12)9-7-14-11(18-9)13(3,4)5/h7-8H,6H2,1-5H3,(H,15,17). The van der Waals surface area contributed by atoms with Crippen molar-refractivity contribution >= 4 is 27.8 Å². The van der Waals surface area contributed by atoms with E-state index in [1.165, 1.54) is 0 Å². The van der Waals surface area contributed by atoms with Gasteiger partial charge in [0, 0.05) is 17.7 Å². The molecule has 2 aromatic rings. The zero-order valence-corrected chi connectivity index (χ0v) is 13.7. The van der Waals surface area contributed by atoms with Crippen LogP contribution in [0.4, 0.5) is 5.13 Å². The predicted molar refractivity (Wildman–Crippen MR) is 83.1 cm³/mol. The van der Waals surface area contributed by atoms with Gasteiger partial charge in [0.2, 0.25) is 5.13 Å². The van der Waals surface area contributed by atoms with Gasteiger partial charge in [0.1, 0.15) is 0 Å². The van der Waals surface area contributed by atoms with Crippen molar-refractivity contribution in [1.82, 2.24) is 15.2 Å². The molecule has 6 heteroatoms. The minimum Gasteiger partial charge on any atom is -0.358 e. The molecule has 0 radical (unpaired) electrons. The van der Waals surface area contributed by atoms with Crippen LogP contribution in [0, 0.1) is 0 Å². The van der Waals surface area contributed by atoms with Crippen LogP contribution in [0.15, 0.2) is 6.20 Å². The third-order valence-electron chi connectivity index (χ3n) is 2.77. The topological polar surface area (TPSA) is 50.7 Å². The molecule has 0 fully saturated rings. The molecule has 0 spiro atoms. The van der Waals surface area contributed by atoms with Gasteiger partial charge in [-0.2, -0.15) is 0 Å². The molecule has 19 heavy (non-hydrogen) atoms. The molecule has 2 aromatic heterocycles. The highest BCUT2D eigenvalue weighted by atomic mass is 32.1. The minimum atomic E-state index is 0.0887. The van der Waals surface area contributed by atoms with Gasteiger partial charge >= 0.3 is 0 Å². The highest BCUT2D eigenvalue weighted by Gasteiger charge is 2.19. The first-order valence-corrected chi connectivity index (χ1v) is 8.10. The van der Waals surface area contributed by atoms with Gasteiger partial charge < -0.3 is 5.32 Å². The first-order chi connectivity index (χ1) is 8.90. The average molecular weight is 296 g/mol. The Balaban J connectivity index is 2.16. The van der Waals surface area contributed by atoms with Crippen molar-refractivity contribution in [3.8, 4) is 9.88 Å². The van der Waals surface area contributed by atoms with Crippen LogP contribution in [0.5, 0.6) is 0 Å². The zero-order chi connectivity index (χ0) is 14.0. The highest BCUT2D eigenvalue weighted by Crippen LogP contribution is 2.35. The molecule has 0 aliphatic rings. The first-order valence-electron chi connectivity index (χ1n) is 6.47. The molecule has 0 aliphatic heterocycles. The summed E-state index contributed by atoms with van der Waals surface area (Å²) < 4.78 is 0. The van der Waals surface area contributed by atoms with Gasteiger partial charge in [-0.25, -0.2) is 4.98 Å². The number of nitrogens with one attached hydrogen (secondary N) is 1. The molecule has 4 nitrogen and oxygen atoms in total. The smallest absolute Gasteiger partial charge is 0.206 e. The first kappa shape index (κ1) is 14.4. The highest BCUT2D eigenvalue weighted by molar-refractivity contribution is 7.23. The van der Waals surface area contributed by atoms with Crippen molar-refractivity contribution in [2.24, 2.45) is 0 Å². The van der Waals surface area contributed by atoms with Gasteiger partial charge in [-0.3, -0.25) is 0 Å². The summed E-state index contributed by atoms with van der Waals surface area (Å²) in [6.45, 7) is 10.8. The third-order valence-corrected chi connectivity index (χ3v) is 5.21. The van der Waals surface area contributed by atoms with Gasteiger partial charge in [0.25, 0.3) is 0 Å². The Kier molecular flexibility index (Phi) is 4.20. The molecular formula is C13H20N4S2. The van der Waals surface area contributed by atoms with Crippen LogP contribution < -0.4 is 5.32 Å². The number of anilines is 1. The second-order valence-corrected chi connectivity index (χ2v) is 7.65. The summed E-state index contributed by atoms with van der Waals surface area (Å²) >= 11 is 3.29. The van der Waals surface area contributed by atoms with Crippen molar-refractivity contribution in [2.45, 2.75) is 52.5 Å². The number of hydrogen-bond donors (Lipinski definition) is 1. The van der Waals surface area contributed by atoms with Gasteiger partial charge in [-0.15, -0.1) is 21.5 Å². The normalized spacial score (nSPS) is 13.5. The molecule has 2 rings (SSSR count). The largest absolute Gasteiger partial charge is 0.358 e. The molecule has 0 saturated carbocycles. The van der Waals surface area contributed by atoms with Crippen molar-refractivity contribution in [1.29, 1.82) is 0 Å². The van der Waals surface area contributed by atoms with E-state index in [9.17, 15) is 0 Å². The van der Waals surface area contributed by atoms with Crippen LogP contribution in [0.25, 0.3) is 9.88 Å². The fraction of sp³-hybridized carbons (Fsp3) is 0.615. The maximum Gasteiger partial charge on any atom is 0.206 e. The number of aromatic nitrogens is 3. The van der Waals surface area contributed by atoms with Crippen molar-refractivity contribution < 1.29 is 0 Å². The van der Waals surface area contributed by atoms with Crippen LogP contribution in [-0.4, -0.2) is 21.2 Å². The summed E-state index contributed by atoms with van der Waals surface area (Å²) in [4.78, 5) is 5.58. The number of hydrogen-bond acceptors (Lipinski definition) is 6. The van der Waals surface area contributed by atoms with E-state index in [2.05, 4.69) is 55.1 Å². The van der Waals surface area contributed by atoms with Crippen molar-refractivity contribution in [3.05, 3.63) is 11.2 Å². The summed E-state index contributed by atoms with van der Waals surface area (Å²) in [5.74, 6) is 0. The fourth-order valence-corrected chi connectivity index (χ4v) is 3.28. The summed E-state index contributed by atoms with van der Waals surface area (Å²) in [5, 5.41) is 14.7. The van der Waals surface area contributed by atoms with E-state index < -0.39 is 0 Å². The molecule has 2 heterocycles. The molecule has 1 N–H and O–H groups in total. The third kappa shape index (κ3) is 3.51. The Labute approximate surface area is 122 Å². The lowest BCUT2D eigenvalue weighted by Gasteiger charge is -2.13. The lowest BCUT2D eigenvalue weighted by atomic mass is 9.98. The van der Waals surface area contributed by atoms with Crippen molar-refractivity contribution in [2.75, 3.05) is 5.32 Å². The van der Waals surface area contributed by atoms with Gasteiger partial charge in [0.05, 0.1) is 9.88 Å². The average Bonchev–Trinajstić information content (AvgIpc) is 2.95. The minimum absolute atomic E-state index is 0.0887. The summed E-state index contributed by atoms with van der Waals surface area (Å²) in [7, 11) is 0. The summed E-state index contributed by atoms with van der Waals surface area (Å²) in [6, 6.07) is 0.424. The molecule has 0 bridgehead atoms. The Morgan fingerprint density at radius 3 is 2.58 bits per heavy atom. The van der Waals surface area contributed by atoms with E-state index >= 15 is 0 Å². The Morgan fingerprint density at radius 1 is 1.26 bits per heavy atom. The van der Waals surface area contributed by atoms with Crippen LogP contribution in [0.2, 0.25) is 0 Å². The van der Waals surface area contributed by atoms with E-state index in [4.69, 9.17) is 0 Å². The van der Waals surface area contributed by atoms with E-state index in [0.717, 1.165) is 26.4 Å². The lowest BCUT2D eigenvalue weighted by molar-refractivity contribution is 0.585. The maximum atomic E-state index is 4.49. The zero-order valence-electron chi connectivity index (χ0n) is 12.0. The van der Waals surface area contributed by atoms with Gasteiger partial charge in [0.15, 0.2) is 5.01 Å². The fourth-order valence-electron chi connectivity index (χ4n) is 1.41. The van der Waals surface area contributed by atoms with Crippen LogP contribution in [0.1, 0.15) is 46.0 Å². The van der Waals surface area contributed by atoms with E-state index in [1.807, 2.05) is 6.20 Å². The number of thiazole rings is 1. The molecular weight excluding hydrogens is 276 g/mol. The second-order valence-electron chi connectivity index (χ2n) is 5.65. The van der Waals surface area contributed by atoms with Crippen LogP contribution in [0.3, 0.4) is 0 Å². The molecule has 1 atom stereocenters. The number of nitrogens with zero attached hydrogens (tertiary/aromatic N) is 3. The molecule has 0 aromatic carbocycles. The number of rotatable bonds is 4. The Bertz CT molecular complexity index is 539. The summed E-state index contributed by atoms with van der Waals surface area (Å²) in [5.41, 5.74) is 0.0887. The SMILES string of the molecule is CCC(C)Nc1nnc(-c2cnc(C(C)(C)C)s2)s1. The molecule has 104 valence electrons. The Hall–Kier alpha value is -1.01. The maximum absolute atomic E-state index is 4.49. The molecule has 0 amide bonds. The van der Waals surface area contributed by atoms with E-state index in [0.29, 0.717) is 6.04 Å². The van der Waals surface area contributed by atoms with Crippen LogP contribution >= 0.6 is 22.7 Å². The van der Waals surface area contributed by atoms with E-state index in [-0.39, 0.29) is 5.41 Å². The molecule has 0 saturated heterocycles. The van der Waals surface area contributed by atoms with Gasteiger partial charge in [-0.1, -0.05) is 39.0 Å². The van der Waals surface area contributed by atoms with E-state index in [1.54, 1.807) is 22.7 Å². The predicted octanol–water partition coefficient (Wildman–Crippen LogP) is 4.17. The van der Waals surface area contributed by atoms with Gasteiger partial charge in [-0.05, 0) is 13.3 Å². The molecule has 1 unspecified atom stereocenters. The lowest BCUT2D eigenvalue weighted by Crippen LogP contribution is -2.12. The van der Waals surface area contributed by atoms with Crippen LogP contribution in [-0.2, 0) is 5.41 Å². The quantitative estimate of drug-likeness (QED) is 0.920. The second kappa shape index (κ2) is 5.54. The Morgan fingerprint density at radius 2 is 2.00 bits per heavy atom. The molecule has 0 aliphatic carbocycles. The monoisotopic (exact) mass is 296 g/mol. The van der Waals surface area contributed by atoms with Crippen molar-refractivity contribution in [3.63, 3.8) is 0 Å². The summed E-state index contributed by atoms with van der Waals surface area (Å²) in [6.07, 6.45) is 2.97.